The number of nitrogens with zero attached hydrogens (tertiary/aromatic N) is 4. The van der Waals surface area contributed by atoms with E-state index in [9.17, 15) is 0 Å². The predicted octanol–water partition coefficient (Wildman–Crippen LogP) is 21.9. The molecule has 0 bridgehead atoms. The first-order valence-corrected chi connectivity index (χ1v) is 28.3. The van der Waals surface area contributed by atoms with Gasteiger partial charge in [0, 0.05) is 68.2 Å². The van der Waals surface area contributed by atoms with Crippen LogP contribution in [0.1, 0.15) is 30.4 Å². The van der Waals surface area contributed by atoms with Crippen LogP contribution in [-0.4, -0.2) is 0 Å². The molecule has 0 heterocycles. The van der Waals surface area contributed by atoms with Gasteiger partial charge >= 0.3 is 0 Å². The second kappa shape index (κ2) is 25.1. The monoisotopic (exact) mass is 1040 g/mol. The van der Waals surface area contributed by atoms with Crippen molar-refractivity contribution in [2.45, 2.75) is 32.1 Å². The fourth-order valence-corrected chi connectivity index (χ4v) is 11.0. The average molecular weight is 1050 g/mol. The zero-order valence-corrected chi connectivity index (χ0v) is 45.5. The zero-order chi connectivity index (χ0) is 54.4. The van der Waals surface area contributed by atoms with Crippen molar-refractivity contribution in [1.82, 2.24) is 0 Å². The second-order valence-corrected chi connectivity index (χ2v) is 20.4. The van der Waals surface area contributed by atoms with Crippen molar-refractivity contribution in [2.24, 2.45) is 0 Å². The molecule has 4 heteroatoms. The molecule has 12 aromatic carbocycles. The van der Waals surface area contributed by atoms with Crippen molar-refractivity contribution in [3.8, 4) is 22.3 Å². The summed E-state index contributed by atoms with van der Waals surface area (Å²) >= 11 is 0. The van der Waals surface area contributed by atoms with Crippen LogP contribution in [0.2, 0.25) is 0 Å². The first-order valence-electron chi connectivity index (χ1n) is 28.3. The topological polar surface area (TPSA) is 13.0 Å². The molecule has 0 saturated carbocycles. The summed E-state index contributed by atoms with van der Waals surface area (Å²) in [5.41, 5.74) is 21.0. The third-order valence-corrected chi connectivity index (χ3v) is 15.0. The molecule has 0 aromatic heterocycles. The molecule has 81 heavy (non-hydrogen) atoms. The summed E-state index contributed by atoms with van der Waals surface area (Å²) in [6, 6.07) is 118. The molecule has 0 N–H and O–H groups in total. The maximum Gasteiger partial charge on any atom is 0.0464 e. The maximum absolute atomic E-state index is 2.38. The highest BCUT2D eigenvalue weighted by atomic mass is 15.2. The van der Waals surface area contributed by atoms with Crippen molar-refractivity contribution in [3.63, 3.8) is 0 Å². The van der Waals surface area contributed by atoms with E-state index in [1.54, 1.807) is 0 Å². The summed E-state index contributed by atoms with van der Waals surface area (Å²) in [4.78, 5) is 9.35. The highest BCUT2D eigenvalue weighted by Gasteiger charge is 2.18. The Hall–Kier alpha value is -10.2. The molecule has 392 valence electrons. The van der Waals surface area contributed by atoms with Crippen LogP contribution in [-0.2, 0) is 12.8 Å². The number of benzene rings is 12. The highest BCUT2D eigenvalue weighted by molar-refractivity contribution is 5.83. The summed E-state index contributed by atoms with van der Waals surface area (Å²) in [7, 11) is 0. The Morgan fingerprint density at radius 1 is 0.160 bits per heavy atom. The third-order valence-electron chi connectivity index (χ3n) is 15.0. The second-order valence-electron chi connectivity index (χ2n) is 20.4. The minimum Gasteiger partial charge on any atom is -0.311 e. The zero-order valence-electron chi connectivity index (χ0n) is 45.5. The van der Waals surface area contributed by atoms with Gasteiger partial charge in [-0.15, -0.1) is 0 Å². The van der Waals surface area contributed by atoms with E-state index >= 15 is 0 Å². The first kappa shape index (κ1) is 51.6. The maximum atomic E-state index is 2.38. The van der Waals surface area contributed by atoms with Crippen LogP contribution < -0.4 is 19.6 Å². The normalized spacial score (nSPS) is 11.0. The van der Waals surface area contributed by atoms with Gasteiger partial charge in [-0.25, -0.2) is 0 Å². The molecular weight excluding hydrogens is 981 g/mol. The lowest BCUT2D eigenvalue weighted by Crippen LogP contribution is -2.10. The van der Waals surface area contributed by atoms with E-state index < -0.39 is 0 Å². The minimum absolute atomic E-state index is 1.03. The van der Waals surface area contributed by atoms with E-state index in [4.69, 9.17) is 0 Å². The van der Waals surface area contributed by atoms with Crippen molar-refractivity contribution < 1.29 is 0 Å². The lowest BCUT2D eigenvalue weighted by molar-refractivity contribution is 0.678. The number of aryl methyl sites for hydroxylation is 2. The fourth-order valence-electron chi connectivity index (χ4n) is 11.0. The standard InChI is InChI=1S/C77H64N4/c1(8-24-60-26-22-40-76(58-60)80(70-36-18-6-19-37-70)74-54-46-64(47-55-74)62-42-50-72(51-43-62)78(66-28-10-2-11-29-66)67-30-12-3-13-31-67)9-25-61-27-23-41-77(59-61)81(71-38-20-7-21-39-71)75-56-48-65(49-57-75)63-44-52-73(53-45-63)79(68-32-14-4-15-33-68)69-34-16-5-17-35-69/h2-7,10-23,26-59H,1,8-9,24-25H2. The first-order chi connectivity index (χ1) is 40.2. The fraction of sp³-hybridized carbons (Fsp3) is 0.0649. The van der Waals surface area contributed by atoms with Gasteiger partial charge in [0.25, 0.3) is 0 Å². The molecule has 0 aliphatic carbocycles. The van der Waals surface area contributed by atoms with Crippen molar-refractivity contribution in [1.29, 1.82) is 0 Å². The summed E-state index contributed by atoms with van der Waals surface area (Å²) in [5, 5.41) is 0. The summed E-state index contributed by atoms with van der Waals surface area (Å²) < 4.78 is 0. The molecule has 12 rings (SSSR count). The lowest BCUT2D eigenvalue weighted by Gasteiger charge is -2.26. The Balaban J connectivity index is 0.697. The van der Waals surface area contributed by atoms with E-state index in [0.29, 0.717) is 0 Å². The van der Waals surface area contributed by atoms with Crippen LogP contribution in [0, 0.1) is 0 Å². The van der Waals surface area contributed by atoms with Crippen LogP contribution in [0.4, 0.5) is 68.2 Å². The Labute approximate surface area is 478 Å². The smallest absolute Gasteiger partial charge is 0.0464 e. The molecule has 12 aromatic rings. The van der Waals surface area contributed by atoms with Gasteiger partial charge in [-0.3, -0.25) is 0 Å². The van der Waals surface area contributed by atoms with Crippen LogP contribution >= 0.6 is 0 Å². The number of hydrogen-bond acceptors (Lipinski definition) is 4. The average Bonchev–Trinajstić information content (AvgIpc) is 3.60. The van der Waals surface area contributed by atoms with E-state index in [-0.39, 0.29) is 0 Å². The number of unbranched alkanes of at least 4 members (excludes halogenated alkanes) is 2. The molecule has 0 saturated heterocycles. The van der Waals surface area contributed by atoms with Gasteiger partial charge in [-0.2, -0.15) is 0 Å². The number of rotatable bonds is 20. The molecule has 0 unspecified atom stereocenters. The van der Waals surface area contributed by atoms with E-state index in [1.165, 1.54) is 33.4 Å². The van der Waals surface area contributed by atoms with Gasteiger partial charge in [-0.1, -0.05) is 188 Å². The SMILES string of the molecule is c1ccc(N(c2ccccc2)c2ccc(-c3ccc(N(c4ccccc4)c4cccc(CCCCCc5cccc(N(c6ccccc6)c6ccc(-c7ccc(N(c8ccccc8)c8ccccc8)cc7)cc6)c5)c4)cc3)cc2)cc1. The minimum atomic E-state index is 1.03. The Morgan fingerprint density at radius 2 is 0.358 bits per heavy atom. The molecule has 0 amide bonds. The summed E-state index contributed by atoms with van der Waals surface area (Å²) in [6.45, 7) is 0. The van der Waals surface area contributed by atoms with Crippen molar-refractivity contribution >= 4 is 68.2 Å². The largest absolute Gasteiger partial charge is 0.311 e. The van der Waals surface area contributed by atoms with Gasteiger partial charge in [0.05, 0.1) is 0 Å². The van der Waals surface area contributed by atoms with Crippen LogP contribution in [0.5, 0.6) is 0 Å². The molecule has 0 atom stereocenters. The molecule has 0 aliphatic heterocycles. The quantitative estimate of drug-likeness (QED) is 0.0705. The number of anilines is 12. The van der Waals surface area contributed by atoms with Gasteiger partial charge < -0.3 is 19.6 Å². The molecule has 0 radical (unpaired) electrons. The van der Waals surface area contributed by atoms with Gasteiger partial charge in [-0.05, 0) is 205 Å². The molecular formula is C77H64N4. The Bertz CT molecular complexity index is 3520. The van der Waals surface area contributed by atoms with E-state index in [0.717, 1.165) is 100 Å². The van der Waals surface area contributed by atoms with Crippen LogP contribution in [0.3, 0.4) is 0 Å². The van der Waals surface area contributed by atoms with Gasteiger partial charge in [0.2, 0.25) is 0 Å². The number of hydrogen-bond donors (Lipinski definition) is 0. The van der Waals surface area contributed by atoms with E-state index in [2.05, 4.69) is 347 Å². The van der Waals surface area contributed by atoms with E-state index in [1.807, 2.05) is 0 Å². The van der Waals surface area contributed by atoms with Crippen LogP contribution in [0.15, 0.2) is 328 Å². The van der Waals surface area contributed by atoms with Gasteiger partial charge in [0.1, 0.15) is 0 Å². The summed E-state index contributed by atoms with van der Waals surface area (Å²) in [5.74, 6) is 0. The predicted molar refractivity (Wildman–Crippen MR) is 344 cm³/mol. The van der Waals surface area contributed by atoms with Gasteiger partial charge in [0.15, 0.2) is 0 Å². The summed E-state index contributed by atoms with van der Waals surface area (Å²) in [6.07, 6.45) is 5.45. The number of para-hydroxylation sites is 6. The van der Waals surface area contributed by atoms with Crippen molar-refractivity contribution in [2.75, 3.05) is 19.6 Å². The Morgan fingerprint density at radius 3 is 0.593 bits per heavy atom. The third kappa shape index (κ3) is 12.3. The molecule has 4 nitrogen and oxygen atoms in total. The lowest BCUT2D eigenvalue weighted by atomic mass is 10.0. The molecule has 0 aliphatic rings. The Kier molecular flexibility index (Phi) is 16.0. The van der Waals surface area contributed by atoms with Crippen molar-refractivity contribution in [3.05, 3.63) is 339 Å². The molecule has 0 spiro atoms. The molecule has 0 fully saturated rings. The van der Waals surface area contributed by atoms with Crippen LogP contribution in [0.25, 0.3) is 22.3 Å². The highest BCUT2D eigenvalue weighted by Crippen LogP contribution is 2.41.